The minimum absolute atomic E-state index is 0.249. The molecule has 1 N–H and O–H groups in total. The fourth-order valence-corrected chi connectivity index (χ4v) is 1.72. The molecule has 0 heterocycles. The number of hydrogen-bond acceptors (Lipinski definition) is 4. The van der Waals surface area contributed by atoms with Crippen LogP contribution in [0.5, 0.6) is 11.5 Å². The topological polar surface area (TPSA) is 72.8 Å². The summed E-state index contributed by atoms with van der Waals surface area (Å²) in [4.78, 5) is 21.3. The van der Waals surface area contributed by atoms with Gasteiger partial charge in [0.15, 0.2) is 0 Å². The maximum Gasteiger partial charge on any atom is 0.511 e. The van der Waals surface area contributed by atoms with Crippen LogP contribution < -0.4 is 9.47 Å². The molecule has 102 valence electrons. The van der Waals surface area contributed by atoms with Gasteiger partial charge in [0.2, 0.25) is 0 Å². The molecule has 0 aliphatic rings. The molecule has 2 aromatic carbocycles. The standard InChI is InChI=1S/C15H12O5/c1-10(16)19-13-7-5-11(6-8-13)12-3-2-4-14(9-12)20-15(17)18/h2-9H,1H3,(H,17,18). The Hall–Kier alpha value is -2.82. The van der Waals surface area contributed by atoms with Crippen LogP contribution in [0.15, 0.2) is 48.5 Å². The third-order valence-corrected chi connectivity index (χ3v) is 2.49. The van der Waals surface area contributed by atoms with Crippen molar-refractivity contribution >= 4 is 12.1 Å². The number of carbonyl (C=O) groups is 2. The second-order valence-corrected chi connectivity index (χ2v) is 4.01. The molecule has 0 fully saturated rings. The predicted molar refractivity (Wildman–Crippen MR) is 71.8 cm³/mol. The first kappa shape index (κ1) is 13.6. The Morgan fingerprint density at radius 1 is 0.900 bits per heavy atom. The molecule has 0 radical (unpaired) electrons. The fourth-order valence-electron chi connectivity index (χ4n) is 1.72. The molecule has 0 aliphatic carbocycles. The number of hydrogen-bond donors (Lipinski definition) is 1. The summed E-state index contributed by atoms with van der Waals surface area (Å²) in [6.45, 7) is 1.33. The van der Waals surface area contributed by atoms with E-state index < -0.39 is 6.16 Å². The van der Waals surface area contributed by atoms with Crippen LogP contribution in [0.4, 0.5) is 4.79 Å². The summed E-state index contributed by atoms with van der Waals surface area (Å²) in [5, 5.41) is 8.58. The van der Waals surface area contributed by atoms with Crippen LogP contribution in [0.2, 0.25) is 0 Å². The average molecular weight is 272 g/mol. The van der Waals surface area contributed by atoms with E-state index in [1.807, 2.05) is 6.07 Å². The van der Waals surface area contributed by atoms with Gasteiger partial charge in [-0.1, -0.05) is 24.3 Å². The van der Waals surface area contributed by atoms with Gasteiger partial charge in [-0.05, 0) is 35.4 Å². The first-order chi connectivity index (χ1) is 9.54. The number of carbonyl (C=O) groups excluding carboxylic acids is 1. The molecule has 0 saturated carbocycles. The van der Waals surface area contributed by atoms with E-state index in [1.165, 1.54) is 6.92 Å². The molecule has 2 aromatic rings. The number of benzene rings is 2. The van der Waals surface area contributed by atoms with E-state index in [2.05, 4.69) is 4.74 Å². The van der Waals surface area contributed by atoms with Crippen LogP contribution in [-0.2, 0) is 4.79 Å². The van der Waals surface area contributed by atoms with Crippen molar-refractivity contribution in [1.29, 1.82) is 0 Å². The summed E-state index contributed by atoms with van der Waals surface area (Å²) in [6, 6.07) is 13.6. The average Bonchev–Trinajstić information content (AvgIpc) is 2.38. The van der Waals surface area contributed by atoms with E-state index in [0.29, 0.717) is 5.75 Å². The largest absolute Gasteiger partial charge is 0.511 e. The summed E-state index contributed by atoms with van der Waals surface area (Å²) in [5.74, 6) is 0.327. The lowest BCUT2D eigenvalue weighted by atomic mass is 10.1. The Bertz CT molecular complexity index is 631. The van der Waals surface area contributed by atoms with Gasteiger partial charge < -0.3 is 14.6 Å². The molecule has 2 rings (SSSR count). The molecule has 0 unspecified atom stereocenters. The highest BCUT2D eigenvalue weighted by atomic mass is 16.7. The second-order valence-electron chi connectivity index (χ2n) is 4.01. The zero-order chi connectivity index (χ0) is 14.5. The Morgan fingerprint density at radius 2 is 1.60 bits per heavy atom. The van der Waals surface area contributed by atoms with Gasteiger partial charge in [-0.2, -0.15) is 0 Å². The van der Waals surface area contributed by atoms with Crippen LogP contribution in [-0.4, -0.2) is 17.2 Å². The van der Waals surface area contributed by atoms with Crippen LogP contribution in [0.1, 0.15) is 6.92 Å². The SMILES string of the molecule is CC(=O)Oc1ccc(-c2cccc(OC(=O)O)c2)cc1. The van der Waals surface area contributed by atoms with Crippen LogP contribution >= 0.6 is 0 Å². The van der Waals surface area contributed by atoms with Gasteiger partial charge in [-0.15, -0.1) is 0 Å². The zero-order valence-electron chi connectivity index (χ0n) is 10.7. The Morgan fingerprint density at radius 3 is 2.20 bits per heavy atom. The van der Waals surface area contributed by atoms with Gasteiger partial charge in [0.25, 0.3) is 0 Å². The van der Waals surface area contributed by atoms with Crippen LogP contribution in [0.25, 0.3) is 11.1 Å². The number of ether oxygens (including phenoxy) is 2. The summed E-state index contributed by atoms with van der Waals surface area (Å²) < 4.78 is 9.54. The summed E-state index contributed by atoms with van der Waals surface area (Å²) >= 11 is 0. The molecule has 0 saturated heterocycles. The Balaban J connectivity index is 2.22. The molecule has 0 aromatic heterocycles. The van der Waals surface area contributed by atoms with Gasteiger partial charge in [-0.25, -0.2) is 4.79 Å². The molecule has 20 heavy (non-hydrogen) atoms. The van der Waals surface area contributed by atoms with E-state index in [-0.39, 0.29) is 11.7 Å². The zero-order valence-corrected chi connectivity index (χ0v) is 10.7. The summed E-state index contributed by atoms with van der Waals surface area (Å²) in [7, 11) is 0. The van der Waals surface area contributed by atoms with E-state index >= 15 is 0 Å². The van der Waals surface area contributed by atoms with E-state index in [4.69, 9.17) is 9.84 Å². The number of esters is 1. The van der Waals surface area contributed by atoms with E-state index in [0.717, 1.165) is 11.1 Å². The van der Waals surface area contributed by atoms with Gasteiger partial charge in [-0.3, -0.25) is 4.79 Å². The lowest BCUT2D eigenvalue weighted by Crippen LogP contribution is -2.02. The molecule has 0 aliphatic heterocycles. The first-order valence-electron chi connectivity index (χ1n) is 5.84. The lowest BCUT2D eigenvalue weighted by Gasteiger charge is -2.06. The van der Waals surface area contributed by atoms with Crippen molar-refractivity contribution in [2.45, 2.75) is 6.92 Å². The Labute approximate surface area is 115 Å². The predicted octanol–water partition coefficient (Wildman–Crippen LogP) is 3.34. The third kappa shape index (κ3) is 3.58. The van der Waals surface area contributed by atoms with E-state index in [9.17, 15) is 9.59 Å². The highest BCUT2D eigenvalue weighted by Gasteiger charge is 2.04. The van der Waals surface area contributed by atoms with Crippen molar-refractivity contribution in [1.82, 2.24) is 0 Å². The van der Waals surface area contributed by atoms with Gasteiger partial charge in [0.1, 0.15) is 11.5 Å². The number of rotatable bonds is 3. The molecular weight excluding hydrogens is 260 g/mol. The van der Waals surface area contributed by atoms with Crippen molar-refractivity contribution < 1.29 is 24.2 Å². The van der Waals surface area contributed by atoms with Crippen molar-refractivity contribution in [3.05, 3.63) is 48.5 Å². The minimum atomic E-state index is -1.35. The first-order valence-corrected chi connectivity index (χ1v) is 5.84. The van der Waals surface area contributed by atoms with Gasteiger partial charge in [0.05, 0.1) is 0 Å². The maximum absolute atomic E-state index is 10.8. The molecule has 0 spiro atoms. The van der Waals surface area contributed by atoms with Crippen LogP contribution in [0, 0.1) is 0 Å². The normalized spacial score (nSPS) is 9.85. The summed E-state index contributed by atoms with van der Waals surface area (Å²) in [5.41, 5.74) is 1.66. The molecular formula is C15H12O5. The van der Waals surface area contributed by atoms with Crippen molar-refractivity contribution in [3.8, 4) is 22.6 Å². The fraction of sp³-hybridized carbons (Fsp3) is 0.0667. The monoisotopic (exact) mass is 272 g/mol. The molecule has 5 nitrogen and oxygen atoms in total. The minimum Gasteiger partial charge on any atom is -0.449 e. The smallest absolute Gasteiger partial charge is 0.449 e. The molecule has 0 bridgehead atoms. The summed E-state index contributed by atoms with van der Waals surface area (Å²) in [6.07, 6.45) is -1.35. The van der Waals surface area contributed by atoms with Crippen molar-refractivity contribution in [2.24, 2.45) is 0 Å². The number of carboxylic acid groups (broad SMARTS) is 1. The van der Waals surface area contributed by atoms with Crippen molar-refractivity contribution in [2.75, 3.05) is 0 Å². The molecule has 0 atom stereocenters. The Kier molecular flexibility index (Phi) is 4.00. The third-order valence-electron chi connectivity index (χ3n) is 2.49. The maximum atomic E-state index is 10.8. The highest BCUT2D eigenvalue weighted by molar-refractivity contribution is 5.71. The molecule has 5 heteroatoms. The van der Waals surface area contributed by atoms with E-state index in [1.54, 1.807) is 42.5 Å². The second kappa shape index (κ2) is 5.88. The van der Waals surface area contributed by atoms with Crippen molar-refractivity contribution in [3.63, 3.8) is 0 Å². The van der Waals surface area contributed by atoms with Crippen LogP contribution in [0.3, 0.4) is 0 Å². The van der Waals surface area contributed by atoms with Gasteiger partial charge in [0, 0.05) is 6.92 Å². The molecule has 0 amide bonds. The quantitative estimate of drug-likeness (QED) is 0.527. The lowest BCUT2D eigenvalue weighted by molar-refractivity contribution is -0.131. The highest BCUT2D eigenvalue weighted by Crippen LogP contribution is 2.25. The van der Waals surface area contributed by atoms with Gasteiger partial charge >= 0.3 is 12.1 Å².